The van der Waals surface area contributed by atoms with Crippen LogP contribution in [0.1, 0.15) is 43.3 Å². The Labute approximate surface area is 328 Å². The van der Waals surface area contributed by atoms with E-state index < -0.39 is 20.3 Å². The maximum absolute atomic E-state index is 6.96. The molecule has 0 saturated heterocycles. The standard InChI is InChI=1S/C50H49NO2P2/c1-38(2)50(4)52-35-46-47(36-54(40-23-11-5-12-24-40,41-25-13-6-14-26-41)42-27-15-7-16-28-42)48(51-39(3)49(46)53-50)37-55(43-29-17-8-18-30-43,44-31-19-9-20-32-44)45-33-21-10-22-34-45/h5-34,38H,35-37H2,1-4H3/q+2. The zero-order chi connectivity index (χ0) is 37.9. The molecule has 274 valence electrons. The third-order valence-corrected chi connectivity index (χ3v) is 20.1. The van der Waals surface area contributed by atoms with Gasteiger partial charge in [0.25, 0.3) is 0 Å². The highest BCUT2D eigenvalue weighted by Gasteiger charge is 2.51. The van der Waals surface area contributed by atoms with Crippen molar-refractivity contribution in [2.75, 3.05) is 0 Å². The molecule has 0 radical (unpaired) electrons. The average molecular weight is 758 g/mol. The first-order chi connectivity index (χ1) is 26.8. The summed E-state index contributed by atoms with van der Waals surface area (Å²) in [5.74, 6) is 0.273. The second-order valence-electron chi connectivity index (χ2n) is 14.9. The zero-order valence-corrected chi connectivity index (χ0v) is 34.0. The predicted molar refractivity (Wildman–Crippen MR) is 235 cm³/mol. The fraction of sp³-hybridized carbons (Fsp3) is 0.180. The van der Waals surface area contributed by atoms with Gasteiger partial charge in [-0.05, 0) is 79.7 Å². The van der Waals surface area contributed by atoms with Crippen molar-refractivity contribution in [3.63, 3.8) is 0 Å². The van der Waals surface area contributed by atoms with E-state index in [1.165, 1.54) is 37.4 Å². The zero-order valence-electron chi connectivity index (χ0n) is 32.2. The number of benzene rings is 6. The Morgan fingerprint density at radius 2 is 0.855 bits per heavy atom. The summed E-state index contributed by atoms with van der Waals surface area (Å²) in [6.07, 6.45) is 1.54. The normalized spacial score (nSPS) is 15.7. The number of aromatic nitrogens is 1. The van der Waals surface area contributed by atoms with Crippen LogP contribution in [-0.4, -0.2) is 10.8 Å². The second-order valence-corrected chi connectivity index (χ2v) is 21.9. The molecule has 7 aromatic rings. The molecule has 55 heavy (non-hydrogen) atoms. The van der Waals surface area contributed by atoms with Crippen molar-refractivity contribution in [2.45, 2.75) is 52.4 Å². The molecule has 0 aliphatic carbocycles. The van der Waals surface area contributed by atoms with Gasteiger partial charge in [0.05, 0.1) is 18.0 Å². The van der Waals surface area contributed by atoms with Crippen LogP contribution < -0.4 is 36.6 Å². The summed E-state index contributed by atoms with van der Waals surface area (Å²) in [5, 5.41) is 8.04. The van der Waals surface area contributed by atoms with Crippen molar-refractivity contribution in [3.8, 4) is 5.75 Å². The molecular formula is C50H49NO2P2+2. The molecule has 1 aliphatic rings. The third kappa shape index (κ3) is 6.85. The van der Waals surface area contributed by atoms with Gasteiger partial charge in [-0.3, -0.25) is 0 Å². The smallest absolute Gasteiger partial charge is 0.210 e. The lowest BCUT2D eigenvalue weighted by atomic mass is 10.00. The fourth-order valence-electron chi connectivity index (χ4n) is 8.19. The number of nitrogens with zero attached hydrogens (tertiary/aromatic N) is 1. The van der Waals surface area contributed by atoms with Crippen molar-refractivity contribution in [1.29, 1.82) is 0 Å². The first kappa shape index (κ1) is 37.0. The molecule has 0 bridgehead atoms. The van der Waals surface area contributed by atoms with Crippen LogP contribution >= 0.6 is 14.5 Å². The van der Waals surface area contributed by atoms with Crippen LogP contribution in [0.4, 0.5) is 0 Å². The van der Waals surface area contributed by atoms with Crippen LogP contribution in [0.3, 0.4) is 0 Å². The molecule has 8 rings (SSSR count). The van der Waals surface area contributed by atoms with Gasteiger partial charge in [0.15, 0.2) is 0 Å². The highest BCUT2D eigenvalue weighted by atomic mass is 31.2. The molecule has 3 nitrogen and oxygen atoms in total. The van der Waals surface area contributed by atoms with E-state index in [-0.39, 0.29) is 5.92 Å². The summed E-state index contributed by atoms with van der Waals surface area (Å²) in [6, 6.07) is 67.0. The number of aryl methyl sites for hydroxylation is 1. The van der Waals surface area contributed by atoms with Crippen molar-refractivity contribution < 1.29 is 9.47 Å². The fourth-order valence-corrected chi connectivity index (χ4v) is 16.7. The molecule has 0 spiro atoms. The minimum Gasteiger partial charge on any atom is -0.460 e. The van der Waals surface area contributed by atoms with E-state index in [1.807, 2.05) is 0 Å². The summed E-state index contributed by atoms with van der Waals surface area (Å²) in [5.41, 5.74) is 4.40. The summed E-state index contributed by atoms with van der Waals surface area (Å²) >= 11 is 0. The molecule has 0 saturated carbocycles. The molecule has 0 fully saturated rings. The first-order valence-corrected chi connectivity index (χ1v) is 23.2. The number of pyridine rings is 1. The van der Waals surface area contributed by atoms with Crippen molar-refractivity contribution in [2.24, 2.45) is 5.92 Å². The number of hydrogen-bond donors (Lipinski definition) is 0. The lowest BCUT2D eigenvalue weighted by molar-refractivity contribution is -0.219. The van der Waals surface area contributed by atoms with Crippen LogP contribution in [0.2, 0.25) is 0 Å². The van der Waals surface area contributed by atoms with Crippen LogP contribution in [0.15, 0.2) is 182 Å². The molecule has 0 N–H and O–H groups in total. The molecule has 1 aromatic heterocycles. The van der Waals surface area contributed by atoms with E-state index in [1.54, 1.807) is 0 Å². The van der Waals surface area contributed by atoms with E-state index >= 15 is 0 Å². The largest absolute Gasteiger partial charge is 0.460 e. The molecule has 1 aliphatic heterocycles. The van der Waals surface area contributed by atoms with Crippen LogP contribution in [-0.2, 0) is 23.7 Å². The van der Waals surface area contributed by atoms with Gasteiger partial charge in [0.2, 0.25) is 5.79 Å². The second kappa shape index (κ2) is 15.7. The van der Waals surface area contributed by atoms with Gasteiger partial charge >= 0.3 is 0 Å². The lowest BCUT2D eigenvalue weighted by Crippen LogP contribution is -2.44. The van der Waals surface area contributed by atoms with Gasteiger partial charge in [-0.15, -0.1) is 0 Å². The topological polar surface area (TPSA) is 31.4 Å². The highest BCUT2D eigenvalue weighted by molar-refractivity contribution is 7.95. The molecule has 0 amide bonds. The SMILES string of the molecule is Cc1nc(C[P+](c2ccccc2)(c2ccccc2)c2ccccc2)c(C[P+](c2ccccc2)(c2ccccc2)c2ccccc2)c2c1OC(C)(C(C)C)OC2. The van der Waals surface area contributed by atoms with E-state index in [0.29, 0.717) is 6.61 Å². The van der Waals surface area contributed by atoms with Crippen LogP contribution in [0, 0.1) is 12.8 Å². The van der Waals surface area contributed by atoms with Gasteiger partial charge < -0.3 is 9.47 Å². The maximum atomic E-state index is 6.96. The number of ether oxygens (including phenoxy) is 2. The van der Waals surface area contributed by atoms with Crippen molar-refractivity contribution >= 4 is 46.4 Å². The van der Waals surface area contributed by atoms with Crippen molar-refractivity contribution in [3.05, 3.63) is 205 Å². The van der Waals surface area contributed by atoms with Gasteiger partial charge in [-0.2, -0.15) is 0 Å². The van der Waals surface area contributed by atoms with Crippen molar-refractivity contribution in [1.82, 2.24) is 4.98 Å². The van der Waals surface area contributed by atoms with E-state index in [9.17, 15) is 0 Å². The number of rotatable bonds is 11. The molecule has 2 heterocycles. The maximum Gasteiger partial charge on any atom is 0.210 e. The highest BCUT2D eigenvalue weighted by Crippen LogP contribution is 2.62. The van der Waals surface area contributed by atoms with Crippen LogP contribution in [0.25, 0.3) is 0 Å². The Morgan fingerprint density at radius 3 is 1.18 bits per heavy atom. The Kier molecular flexibility index (Phi) is 10.6. The van der Waals surface area contributed by atoms with Gasteiger partial charge in [0.1, 0.15) is 64.4 Å². The Bertz CT molecular complexity index is 2150. The summed E-state index contributed by atoms with van der Waals surface area (Å²) in [4.78, 5) is 5.70. The molecule has 5 heteroatoms. The number of fused-ring (bicyclic) bond motifs is 1. The summed E-state index contributed by atoms with van der Waals surface area (Å²) in [7, 11) is -4.65. The lowest BCUT2D eigenvalue weighted by Gasteiger charge is -2.40. The minimum absolute atomic E-state index is 0.153. The first-order valence-electron chi connectivity index (χ1n) is 19.3. The Hall–Kier alpha value is -4.91. The molecule has 1 unspecified atom stereocenters. The third-order valence-electron chi connectivity index (χ3n) is 11.4. The molecule has 6 aromatic carbocycles. The predicted octanol–water partition coefficient (Wildman–Crippen LogP) is 9.66. The van der Waals surface area contributed by atoms with E-state index in [0.717, 1.165) is 35.0 Å². The summed E-state index contributed by atoms with van der Waals surface area (Å²) in [6.45, 7) is 8.98. The Balaban J connectivity index is 1.45. The molecular weight excluding hydrogens is 709 g/mol. The molecule has 1 atom stereocenters. The summed E-state index contributed by atoms with van der Waals surface area (Å²) < 4.78 is 13.8. The van der Waals surface area contributed by atoms with Gasteiger partial charge in [-0.1, -0.05) is 123 Å². The minimum atomic E-state index is -2.34. The Morgan fingerprint density at radius 1 is 0.527 bits per heavy atom. The van der Waals surface area contributed by atoms with Crippen LogP contribution in [0.5, 0.6) is 5.75 Å². The quantitative estimate of drug-likeness (QED) is 0.123. The number of hydrogen-bond acceptors (Lipinski definition) is 3. The average Bonchev–Trinajstić information content (AvgIpc) is 3.25. The van der Waals surface area contributed by atoms with E-state index in [4.69, 9.17) is 14.5 Å². The van der Waals surface area contributed by atoms with Gasteiger partial charge in [0, 0.05) is 24.0 Å². The van der Waals surface area contributed by atoms with E-state index in [2.05, 4.69) is 210 Å². The van der Waals surface area contributed by atoms with Gasteiger partial charge in [-0.25, -0.2) is 4.98 Å². The monoisotopic (exact) mass is 757 g/mol.